The van der Waals surface area contributed by atoms with E-state index in [0.29, 0.717) is 6.54 Å². The summed E-state index contributed by atoms with van der Waals surface area (Å²) in [5, 5.41) is 0.875. The van der Waals surface area contributed by atoms with E-state index in [9.17, 15) is 8.42 Å². The number of hydrogen-bond acceptors (Lipinski definition) is 3. The molecule has 0 aliphatic heterocycles. The van der Waals surface area contributed by atoms with Crippen molar-refractivity contribution in [3.63, 3.8) is 0 Å². The van der Waals surface area contributed by atoms with Crippen LogP contribution in [0.2, 0.25) is 0 Å². The molecule has 0 unspecified atom stereocenters. The van der Waals surface area contributed by atoms with Crippen LogP contribution in [0.5, 0.6) is 0 Å². The number of halogens is 1. The van der Waals surface area contributed by atoms with Gasteiger partial charge in [0.1, 0.15) is 0 Å². The van der Waals surface area contributed by atoms with Crippen molar-refractivity contribution in [1.29, 1.82) is 0 Å². The van der Waals surface area contributed by atoms with Crippen LogP contribution in [0.25, 0.3) is 0 Å². The van der Waals surface area contributed by atoms with Gasteiger partial charge in [0.05, 0.1) is 12.5 Å². The van der Waals surface area contributed by atoms with Crippen LogP contribution >= 0.6 is 15.9 Å². The number of hydrogen-bond donors (Lipinski definition) is 2. The largest absolute Gasteiger partial charge is 0.335 e. The van der Waals surface area contributed by atoms with Gasteiger partial charge in [0, 0.05) is 11.9 Å². The number of nitrogens with one attached hydrogen (secondary N) is 2. The van der Waals surface area contributed by atoms with E-state index < -0.39 is 10.0 Å². The predicted molar refractivity (Wildman–Crippen MR) is 52.2 cm³/mol. The molecule has 0 aromatic carbocycles. The van der Waals surface area contributed by atoms with Gasteiger partial charge in [0.25, 0.3) is 10.0 Å². The summed E-state index contributed by atoms with van der Waals surface area (Å²) < 4.78 is 25.2. The highest BCUT2D eigenvalue weighted by Crippen LogP contribution is 2.01. The maximum Gasteiger partial charge on any atom is 0.257 e. The minimum atomic E-state index is -3.38. The molecule has 0 amide bonds. The Labute approximate surface area is 85.1 Å². The van der Waals surface area contributed by atoms with E-state index in [1.54, 1.807) is 0 Å². The number of aromatic amines is 1. The number of rotatable bonds is 5. The van der Waals surface area contributed by atoms with Crippen LogP contribution in [0, 0.1) is 0 Å². The maximum absolute atomic E-state index is 11.4. The third-order valence-electron chi connectivity index (χ3n) is 1.37. The highest BCUT2D eigenvalue weighted by atomic mass is 79.9. The SMILES string of the molecule is O=S(=O)(NCCCBr)c1cnc[nH]1. The van der Waals surface area contributed by atoms with Gasteiger partial charge in [0.15, 0.2) is 5.03 Å². The van der Waals surface area contributed by atoms with Gasteiger partial charge in [-0.2, -0.15) is 0 Å². The average molecular weight is 268 g/mol. The molecule has 0 fully saturated rings. The summed E-state index contributed by atoms with van der Waals surface area (Å²) in [6.07, 6.45) is 3.36. The molecule has 0 atom stereocenters. The second kappa shape index (κ2) is 4.73. The molecule has 1 aromatic heterocycles. The highest BCUT2D eigenvalue weighted by molar-refractivity contribution is 9.09. The van der Waals surface area contributed by atoms with Crippen molar-refractivity contribution in [3.05, 3.63) is 12.5 Å². The molecule has 2 N–H and O–H groups in total. The Hall–Kier alpha value is -0.400. The van der Waals surface area contributed by atoms with Gasteiger partial charge >= 0.3 is 0 Å². The summed E-state index contributed by atoms with van der Waals surface area (Å²) >= 11 is 3.21. The van der Waals surface area contributed by atoms with E-state index in [1.807, 2.05) is 0 Å². The van der Waals surface area contributed by atoms with Gasteiger partial charge in [-0.15, -0.1) is 0 Å². The molecule has 0 bridgehead atoms. The van der Waals surface area contributed by atoms with E-state index in [-0.39, 0.29) is 5.03 Å². The highest BCUT2D eigenvalue weighted by Gasteiger charge is 2.13. The van der Waals surface area contributed by atoms with Crippen molar-refractivity contribution in [2.24, 2.45) is 0 Å². The summed E-state index contributed by atoms with van der Waals surface area (Å²) in [5.74, 6) is 0. The van der Waals surface area contributed by atoms with Gasteiger partial charge in [-0.25, -0.2) is 18.1 Å². The number of sulfonamides is 1. The average Bonchev–Trinajstić information content (AvgIpc) is 2.56. The lowest BCUT2D eigenvalue weighted by Crippen LogP contribution is -2.25. The fourth-order valence-electron chi connectivity index (χ4n) is 0.741. The Kier molecular flexibility index (Phi) is 3.89. The molecule has 0 aliphatic carbocycles. The minimum absolute atomic E-state index is 0.0991. The Morgan fingerprint density at radius 2 is 2.38 bits per heavy atom. The van der Waals surface area contributed by atoms with Crippen LogP contribution < -0.4 is 4.72 Å². The maximum atomic E-state index is 11.4. The van der Waals surface area contributed by atoms with Crippen molar-refractivity contribution < 1.29 is 8.42 Å². The quantitative estimate of drug-likeness (QED) is 0.602. The van der Waals surface area contributed by atoms with Gasteiger partial charge in [-0.1, -0.05) is 15.9 Å². The van der Waals surface area contributed by atoms with E-state index in [1.165, 1.54) is 12.5 Å². The summed E-state index contributed by atoms with van der Waals surface area (Å²) in [7, 11) is -3.38. The first-order chi connectivity index (χ1) is 6.17. The summed E-state index contributed by atoms with van der Waals surface area (Å²) in [4.78, 5) is 6.16. The molecule has 0 radical (unpaired) electrons. The second-order valence-electron chi connectivity index (χ2n) is 2.36. The summed E-state index contributed by atoms with van der Waals surface area (Å²) in [6, 6.07) is 0. The number of alkyl halides is 1. The zero-order valence-corrected chi connectivity index (χ0v) is 9.23. The third kappa shape index (κ3) is 3.09. The Morgan fingerprint density at radius 1 is 1.62 bits per heavy atom. The number of H-pyrrole nitrogens is 1. The predicted octanol–water partition coefficient (Wildman–Crippen LogP) is 0.473. The number of imidazole rings is 1. The van der Waals surface area contributed by atoms with Crippen molar-refractivity contribution in [2.45, 2.75) is 11.4 Å². The first-order valence-electron chi connectivity index (χ1n) is 3.71. The lowest BCUT2D eigenvalue weighted by Gasteiger charge is -2.01. The Morgan fingerprint density at radius 3 is 2.92 bits per heavy atom. The molecule has 5 nitrogen and oxygen atoms in total. The van der Waals surface area contributed by atoms with E-state index >= 15 is 0 Å². The monoisotopic (exact) mass is 267 g/mol. The molecule has 0 spiro atoms. The van der Waals surface area contributed by atoms with Crippen LogP contribution in [0.15, 0.2) is 17.6 Å². The van der Waals surface area contributed by atoms with Crippen LogP contribution in [0.3, 0.4) is 0 Å². The number of aromatic nitrogens is 2. The zero-order chi connectivity index (χ0) is 9.73. The molecule has 0 saturated carbocycles. The first kappa shape index (κ1) is 10.7. The minimum Gasteiger partial charge on any atom is -0.335 e. The van der Waals surface area contributed by atoms with Crippen LogP contribution in [0.4, 0.5) is 0 Å². The van der Waals surface area contributed by atoms with Crippen molar-refractivity contribution >= 4 is 26.0 Å². The van der Waals surface area contributed by atoms with E-state index in [0.717, 1.165) is 11.8 Å². The van der Waals surface area contributed by atoms with E-state index in [4.69, 9.17) is 0 Å². The van der Waals surface area contributed by atoms with E-state index in [2.05, 4.69) is 30.6 Å². The lowest BCUT2D eigenvalue weighted by molar-refractivity contribution is 0.578. The molecule has 1 heterocycles. The molecule has 74 valence electrons. The molecule has 1 rings (SSSR count). The molecule has 7 heteroatoms. The van der Waals surface area contributed by atoms with Crippen LogP contribution in [0.1, 0.15) is 6.42 Å². The Balaban J connectivity index is 2.58. The fourth-order valence-corrected chi connectivity index (χ4v) is 2.00. The summed E-state index contributed by atoms with van der Waals surface area (Å²) in [6.45, 7) is 0.423. The fraction of sp³-hybridized carbons (Fsp3) is 0.500. The molecule has 0 aliphatic rings. The van der Waals surface area contributed by atoms with Crippen molar-refractivity contribution in [3.8, 4) is 0 Å². The van der Waals surface area contributed by atoms with Gasteiger partial charge in [-0.3, -0.25) is 0 Å². The Bertz CT molecular complexity index is 335. The zero-order valence-electron chi connectivity index (χ0n) is 6.83. The second-order valence-corrected chi connectivity index (χ2v) is 4.88. The molecule has 1 aromatic rings. The van der Waals surface area contributed by atoms with Crippen LogP contribution in [-0.2, 0) is 10.0 Å². The summed E-state index contributed by atoms with van der Waals surface area (Å²) in [5.41, 5.74) is 0. The number of nitrogens with zero attached hydrogens (tertiary/aromatic N) is 1. The first-order valence-corrected chi connectivity index (χ1v) is 6.31. The van der Waals surface area contributed by atoms with Gasteiger partial charge < -0.3 is 4.98 Å². The van der Waals surface area contributed by atoms with Crippen LogP contribution in [-0.4, -0.2) is 30.3 Å². The molecule has 13 heavy (non-hydrogen) atoms. The lowest BCUT2D eigenvalue weighted by atomic mass is 10.5. The van der Waals surface area contributed by atoms with Gasteiger partial charge in [-0.05, 0) is 6.42 Å². The molecular formula is C6H10BrN3O2S. The topological polar surface area (TPSA) is 74.8 Å². The molecule has 0 saturated heterocycles. The van der Waals surface area contributed by atoms with Crippen molar-refractivity contribution in [1.82, 2.24) is 14.7 Å². The smallest absolute Gasteiger partial charge is 0.257 e. The van der Waals surface area contributed by atoms with Gasteiger partial charge in [0.2, 0.25) is 0 Å². The third-order valence-corrected chi connectivity index (χ3v) is 3.31. The van der Waals surface area contributed by atoms with Crippen molar-refractivity contribution in [2.75, 3.05) is 11.9 Å². The normalized spacial score (nSPS) is 11.8. The molecular weight excluding hydrogens is 258 g/mol. The standard InChI is InChI=1S/C6H10BrN3O2S/c7-2-1-3-10-13(11,12)6-4-8-5-9-6/h4-5,10H,1-3H2,(H,8,9).